The second kappa shape index (κ2) is 5.29. The summed E-state index contributed by atoms with van der Waals surface area (Å²) in [5, 5.41) is 0. The molecule has 0 aromatic heterocycles. The van der Waals surface area contributed by atoms with E-state index in [2.05, 4.69) is 17.0 Å². The number of hydrogen-bond acceptors (Lipinski definition) is 3. The fourth-order valence-electron chi connectivity index (χ4n) is 3.24. The van der Waals surface area contributed by atoms with E-state index in [-0.39, 0.29) is 0 Å². The molecule has 2 bridgehead atoms. The molecule has 3 rings (SSSR count). The first kappa shape index (κ1) is 12.0. The number of para-hydroxylation sites is 1. The Morgan fingerprint density at radius 1 is 1.22 bits per heavy atom. The second-order valence-corrected chi connectivity index (χ2v) is 5.22. The van der Waals surface area contributed by atoms with E-state index in [4.69, 9.17) is 9.47 Å². The van der Waals surface area contributed by atoms with Crippen molar-refractivity contribution in [2.75, 3.05) is 26.9 Å². The molecular weight excluding hydrogens is 226 g/mol. The van der Waals surface area contributed by atoms with Gasteiger partial charge >= 0.3 is 0 Å². The number of fused-ring (bicyclic) bond motifs is 2. The third kappa shape index (κ3) is 2.25. The van der Waals surface area contributed by atoms with E-state index in [0.29, 0.717) is 12.1 Å². The summed E-state index contributed by atoms with van der Waals surface area (Å²) in [7, 11) is 1.75. The van der Waals surface area contributed by atoms with Crippen LogP contribution in [0.5, 0.6) is 5.75 Å². The van der Waals surface area contributed by atoms with Crippen LogP contribution in [0.4, 0.5) is 0 Å². The molecule has 2 unspecified atom stereocenters. The van der Waals surface area contributed by atoms with Gasteiger partial charge in [-0.25, -0.2) is 0 Å². The van der Waals surface area contributed by atoms with E-state index in [1.807, 2.05) is 12.1 Å². The largest absolute Gasteiger partial charge is 0.496 e. The molecule has 2 atom stereocenters. The molecular formula is C15H21NO2. The van der Waals surface area contributed by atoms with Gasteiger partial charge in [0.05, 0.1) is 20.3 Å². The highest BCUT2D eigenvalue weighted by Gasteiger charge is 2.36. The molecule has 1 aromatic rings. The number of methoxy groups -OCH3 is 1. The molecule has 3 nitrogen and oxygen atoms in total. The lowest BCUT2D eigenvalue weighted by Gasteiger charge is -2.34. The van der Waals surface area contributed by atoms with E-state index in [9.17, 15) is 0 Å². The average Bonchev–Trinajstić information content (AvgIpc) is 2.64. The van der Waals surface area contributed by atoms with Crippen LogP contribution < -0.4 is 4.74 Å². The molecule has 0 aliphatic carbocycles. The Kier molecular flexibility index (Phi) is 3.52. The van der Waals surface area contributed by atoms with Gasteiger partial charge in [0, 0.05) is 18.6 Å². The highest BCUT2D eigenvalue weighted by Crippen LogP contribution is 2.29. The van der Waals surface area contributed by atoms with Crippen LogP contribution >= 0.6 is 0 Å². The van der Waals surface area contributed by atoms with Crippen molar-refractivity contribution >= 4 is 0 Å². The van der Waals surface area contributed by atoms with Crippen molar-refractivity contribution < 1.29 is 9.47 Å². The summed E-state index contributed by atoms with van der Waals surface area (Å²) in [5.74, 6) is 1.01. The van der Waals surface area contributed by atoms with Gasteiger partial charge in [-0.3, -0.25) is 4.90 Å². The first-order valence-corrected chi connectivity index (χ1v) is 6.84. The van der Waals surface area contributed by atoms with Crippen molar-refractivity contribution in [1.29, 1.82) is 0 Å². The Balaban J connectivity index is 1.64. The molecule has 0 radical (unpaired) electrons. The monoisotopic (exact) mass is 247 g/mol. The molecule has 0 amide bonds. The van der Waals surface area contributed by atoms with Gasteiger partial charge in [0.15, 0.2) is 0 Å². The van der Waals surface area contributed by atoms with Gasteiger partial charge in [-0.1, -0.05) is 18.2 Å². The second-order valence-electron chi connectivity index (χ2n) is 5.22. The summed E-state index contributed by atoms with van der Waals surface area (Å²) < 4.78 is 11.0. The van der Waals surface area contributed by atoms with Crippen LogP contribution in [0.3, 0.4) is 0 Å². The van der Waals surface area contributed by atoms with E-state index < -0.39 is 0 Å². The van der Waals surface area contributed by atoms with Crippen LogP contribution in [-0.4, -0.2) is 43.9 Å². The van der Waals surface area contributed by atoms with Gasteiger partial charge in [-0.05, 0) is 30.9 Å². The van der Waals surface area contributed by atoms with Gasteiger partial charge < -0.3 is 9.47 Å². The highest BCUT2D eigenvalue weighted by atomic mass is 16.5. The Labute approximate surface area is 109 Å². The van der Waals surface area contributed by atoms with Crippen molar-refractivity contribution in [3.8, 4) is 5.75 Å². The number of hydrogen-bond donors (Lipinski definition) is 0. The lowest BCUT2D eigenvalue weighted by molar-refractivity contribution is -0.0138. The van der Waals surface area contributed by atoms with Gasteiger partial charge in [0.1, 0.15) is 5.75 Å². The highest BCUT2D eigenvalue weighted by molar-refractivity contribution is 5.33. The molecule has 1 aromatic carbocycles. The number of nitrogens with zero attached hydrogens (tertiary/aromatic N) is 1. The molecule has 2 fully saturated rings. The summed E-state index contributed by atoms with van der Waals surface area (Å²) in [5.41, 5.74) is 1.31. The normalized spacial score (nSPS) is 27.4. The van der Waals surface area contributed by atoms with Crippen molar-refractivity contribution in [2.24, 2.45) is 0 Å². The number of ether oxygens (including phenoxy) is 2. The molecule has 2 heterocycles. The van der Waals surface area contributed by atoms with Crippen LogP contribution in [-0.2, 0) is 11.2 Å². The summed E-state index contributed by atoms with van der Waals surface area (Å²) in [6.45, 7) is 2.96. The Morgan fingerprint density at radius 3 is 2.67 bits per heavy atom. The first-order chi connectivity index (χ1) is 8.88. The van der Waals surface area contributed by atoms with Crippen LogP contribution in [0.2, 0.25) is 0 Å². The zero-order valence-corrected chi connectivity index (χ0v) is 11.0. The molecule has 98 valence electrons. The maximum Gasteiger partial charge on any atom is 0.122 e. The molecule has 2 aliphatic rings. The van der Waals surface area contributed by atoms with Gasteiger partial charge in [-0.15, -0.1) is 0 Å². The van der Waals surface area contributed by atoms with E-state index >= 15 is 0 Å². The summed E-state index contributed by atoms with van der Waals surface area (Å²) >= 11 is 0. The van der Waals surface area contributed by atoms with Gasteiger partial charge in [0.25, 0.3) is 0 Å². The lowest BCUT2D eigenvalue weighted by Crippen LogP contribution is -2.46. The van der Waals surface area contributed by atoms with E-state index in [1.54, 1.807) is 7.11 Å². The minimum Gasteiger partial charge on any atom is -0.496 e. The maximum absolute atomic E-state index is 5.62. The van der Waals surface area contributed by atoms with Crippen LogP contribution in [0.1, 0.15) is 18.4 Å². The van der Waals surface area contributed by atoms with Crippen LogP contribution in [0.25, 0.3) is 0 Å². The average molecular weight is 247 g/mol. The summed E-state index contributed by atoms with van der Waals surface area (Å²) in [6.07, 6.45) is 3.67. The van der Waals surface area contributed by atoms with Crippen molar-refractivity contribution in [2.45, 2.75) is 31.3 Å². The van der Waals surface area contributed by atoms with Crippen LogP contribution in [0, 0.1) is 0 Å². The Bertz CT molecular complexity index is 391. The van der Waals surface area contributed by atoms with E-state index in [1.165, 1.54) is 18.4 Å². The Morgan fingerprint density at radius 2 is 1.94 bits per heavy atom. The predicted octanol–water partition coefficient (Wildman–Crippen LogP) is 2.10. The maximum atomic E-state index is 5.62. The van der Waals surface area contributed by atoms with Crippen molar-refractivity contribution in [3.63, 3.8) is 0 Å². The quantitative estimate of drug-likeness (QED) is 0.813. The number of morpholine rings is 1. The van der Waals surface area contributed by atoms with Crippen molar-refractivity contribution in [3.05, 3.63) is 29.8 Å². The van der Waals surface area contributed by atoms with Crippen LogP contribution in [0.15, 0.2) is 24.3 Å². The molecule has 18 heavy (non-hydrogen) atoms. The fourth-order valence-corrected chi connectivity index (χ4v) is 3.24. The fraction of sp³-hybridized carbons (Fsp3) is 0.600. The molecule has 0 saturated carbocycles. The Hall–Kier alpha value is -1.06. The minimum atomic E-state index is 0.651. The molecule has 3 heteroatoms. The SMILES string of the molecule is COc1ccccc1CCN1C2CCC1COC2. The van der Waals surface area contributed by atoms with E-state index in [0.717, 1.165) is 31.9 Å². The summed E-state index contributed by atoms with van der Waals surface area (Å²) in [6, 6.07) is 9.63. The standard InChI is InChI=1S/C15H21NO2/c1-17-15-5-3-2-4-12(15)8-9-16-13-6-7-14(16)11-18-10-13/h2-5,13-14H,6-11H2,1H3. The smallest absolute Gasteiger partial charge is 0.122 e. The number of rotatable bonds is 4. The number of benzene rings is 1. The third-order valence-corrected chi connectivity index (χ3v) is 4.22. The summed E-state index contributed by atoms with van der Waals surface area (Å²) in [4.78, 5) is 2.63. The zero-order chi connectivity index (χ0) is 12.4. The first-order valence-electron chi connectivity index (χ1n) is 6.84. The molecule has 0 N–H and O–H groups in total. The molecule has 2 aliphatic heterocycles. The minimum absolute atomic E-state index is 0.651. The van der Waals surface area contributed by atoms with Gasteiger partial charge in [0.2, 0.25) is 0 Å². The molecule has 0 spiro atoms. The topological polar surface area (TPSA) is 21.7 Å². The molecule has 2 saturated heterocycles. The lowest BCUT2D eigenvalue weighted by atomic mass is 10.1. The predicted molar refractivity (Wildman–Crippen MR) is 71.0 cm³/mol. The third-order valence-electron chi connectivity index (χ3n) is 4.22. The van der Waals surface area contributed by atoms with Crippen molar-refractivity contribution in [1.82, 2.24) is 4.90 Å². The van der Waals surface area contributed by atoms with Gasteiger partial charge in [-0.2, -0.15) is 0 Å². The zero-order valence-electron chi connectivity index (χ0n) is 11.0.